The summed E-state index contributed by atoms with van der Waals surface area (Å²) in [6.07, 6.45) is -1.23. The van der Waals surface area contributed by atoms with E-state index < -0.39 is 40.9 Å². The van der Waals surface area contributed by atoms with Crippen LogP contribution in [0.1, 0.15) is 89.0 Å². The standard InChI is InChI=1S/C12H17N3O4.C11H15N3O4.C11H17N3O2/c1-12(2,3)19-11(17)14-5-6-15-9(14)7-8(13-15)10(16)18-4;1-11(2,3)18-10(17)13-4-5-14-8(13)6-7(12-14)9(15)16;1-8-7-9-13(5-6-14(9)12-8)10(15)16-11(2,3)4/h7H,5-6H2,1-4H3;6H,4-5H2,1-3H3,(H,15,16);7H,5-6H2,1-4H3. The van der Waals surface area contributed by atoms with Crippen LogP contribution >= 0.6 is 0 Å². The highest BCUT2D eigenvalue weighted by molar-refractivity contribution is 5.93. The number of methoxy groups -OCH3 is 1. The second-order valence-electron chi connectivity index (χ2n) is 15.3. The Balaban J connectivity index is 0.000000178. The maximum Gasteiger partial charge on any atom is 0.416 e. The van der Waals surface area contributed by atoms with Crippen molar-refractivity contribution in [2.75, 3.05) is 41.4 Å². The molecule has 0 aliphatic carbocycles. The normalized spacial score (nSPS) is 14.6. The first-order valence-corrected chi connectivity index (χ1v) is 17.0. The van der Waals surface area contributed by atoms with Gasteiger partial charge < -0.3 is 24.1 Å². The third-order valence-corrected chi connectivity index (χ3v) is 7.29. The van der Waals surface area contributed by atoms with Crippen molar-refractivity contribution in [1.29, 1.82) is 0 Å². The number of anilines is 3. The molecule has 0 bridgehead atoms. The average molecular weight is 744 g/mol. The van der Waals surface area contributed by atoms with E-state index in [1.54, 1.807) is 51.1 Å². The van der Waals surface area contributed by atoms with E-state index in [1.165, 1.54) is 33.7 Å². The molecular formula is C34H49N9O10. The van der Waals surface area contributed by atoms with E-state index in [9.17, 15) is 24.0 Å². The summed E-state index contributed by atoms with van der Waals surface area (Å²) >= 11 is 0. The molecule has 19 heteroatoms. The van der Waals surface area contributed by atoms with Gasteiger partial charge in [0.25, 0.3) is 0 Å². The van der Waals surface area contributed by atoms with Crippen molar-refractivity contribution < 1.29 is 48.0 Å². The number of nitrogens with zero attached hydrogens (tertiary/aromatic N) is 9. The average Bonchev–Trinajstić information content (AvgIpc) is 3.82. The lowest BCUT2D eigenvalue weighted by molar-refractivity contribution is 0.0572. The summed E-state index contributed by atoms with van der Waals surface area (Å²) in [4.78, 5) is 62.5. The van der Waals surface area contributed by atoms with Crippen LogP contribution in [0.4, 0.5) is 31.8 Å². The first-order valence-electron chi connectivity index (χ1n) is 17.0. The number of esters is 1. The van der Waals surface area contributed by atoms with Gasteiger partial charge in [-0.2, -0.15) is 15.3 Å². The molecule has 3 aromatic rings. The number of aromatic nitrogens is 6. The number of amides is 3. The van der Waals surface area contributed by atoms with Crippen molar-refractivity contribution in [3.63, 3.8) is 0 Å². The Labute approximate surface area is 307 Å². The molecular weight excluding hydrogens is 694 g/mol. The number of ether oxygens (including phenoxy) is 4. The fraction of sp³-hybridized carbons (Fsp3) is 0.588. The van der Waals surface area contributed by atoms with Crippen molar-refractivity contribution >= 4 is 47.7 Å². The van der Waals surface area contributed by atoms with Gasteiger partial charge in [0, 0.05) is 18.2 Å². The predicted octanol–water partition coefficient (Wildman–Crippen LogP) is 4.71. The van der Waals surface area contributed by atoms with Crippen molar-refractivity contribution in [3.8, 4) is 0 Å². The molecule has 0 saturated carbocycles. The summed E-state index contributed by atoms with van der Waals surface area (Å²) in [5.41, 5.74) is -0.567. The number of fused-ring (bicyclic) bond motifs is 3. The van der Waals surface area contributed by atoms with Crippen LogP contribution in [0.25, 0.3) is 0 Å². The fourth-order valence-electron chi connectivity index (χ4n) is 5.23. The monoisotopic (exact) mass is 743 g/mol. The number of rotatable bonds is 2. The zero-order valence-corrected chi connectivity index (χ0v) is 32.1. The van der Waals surface area contributed by atoms with Gasteiger partial charge in [-0.3, -0.25) is 14.7 Å². The van der Waals surface area contributed by atoms with Gasteiger partial charge in [0.05, 0.1) is 52.1 Å². The number of carboxylic acids is 1. The number of aromatic carboxylic acids is 1. The van der Waals surface area contributed by atoms with Crippen LogP contribution in [0.15, 0.2) is 18.2 Å². The zero-order valence-electron chi connectivity index (χ0n) is 32.1. The lowest BCUT2D eigenvalue weighted by atomic mass is 10.2. The minimum atomic E-state index is -1.11. The summed E-state index contributed by atoms with van der Waals surface area (Å²) in [6.45, 7) is 21.6. The molecule has 1 N–H and O–H groups in total. The van der Waals surface area contributed by atoms with E-state index in [0.717, 1.165) is 18.1 Å². The highest BCUT2D eigenvalue weighted by Crippen LogP contribution is 2.27. The quantitative estimate of drug-likeness (QED) is 0.279. The Bertz CT molecular complexity index is 1860. The summed E-state index contributed by atoms with van der Waals surface area (Å²) in [7, 11) is 1.29. The van der Waals surface area contributed by atoms with Gasteiger partial charge in [-0.15, -0.1) is 0 Å². The highest BCUT2D eigenvalue weighted by atomic mass is 16.6. The van der Waals surface area contributed by atoms with Crippen molar-refractivity contribution in [2.45, 2.75) is 106 Å². The molecule has 19 nitrogen and oxygen atoms in total. The third kappa shape index (κ3) is 10.3. The maximum atomic E-state index is 12.0. The SMILES string of the molecule is CC(C)(C)OC(=O)N1CCn2nc(C(=O)O)cc21.COC(=O)c1cc2n(n1)CCN2C(=O)OC(C)(C)C.Cc1cc2n(n1)CCN2C(=O)OC(C)(C)C. The lowest BCUT2D eigenvalue weighted by Crippen LogP contribution is -2.35. The van der Waals surface area contributed by atoms with E-state index in [0.29, 0.717) is 44.4 Å². The molecule has 0 unspecified atom stereocenters. The molecule has 3 aliphatic heterocycles. The Kier molecular flexibility index (Phi) is 11.5. The Hall–Kier alpha value is -5.62. The van der Waals surface area contributed by atoms with Crippen LogP contribution in [-0.4, -0.2) is 108 Å². The summed E-state index contributed by atoms with van der Waals surface area (Å²) in [6, 6.07) is 4.80. The molecule has 3 aromatic heterocycles. The van der Waals surface area contributed by atoms with Crippen LogP contribution in [0, 0.1) is 6.92 Å². The number of carbonyl (C=O) groups is 5. The maximum absolute atomic E-state index is 12.0. The van der Waals surface area contributed by atoms with Gasteiger partial charge in [0.2, 0.25) is 0 Å². The molecule has 0 saturated heterocycles. The van der Waals surface area contributed by atoms with Crippen molar-refractivity contribution in [1.82, 2.24) is 29.3 Å². The zero-order chi connectivity index (χ0) is 39.6. The fourth-order valence-corrected chi connectivity index (χ4v) is 5.23. The molecule has 0 fully saturated rings. The van der Waals surface area contributed by atoms with Gasteiger partial charge in [0.1, 0.15) is 34.3 Å². The van der Waals surface area contributed by atoms with Crippen molar-refractivity contribution in [3.05, 3.63) is 35.3 Å². The van der Waals surface area contributed by atoms with Crippen LogP contribution in [0.5, 0.6) is 0 Å². The van der Waals surface area contributed by atoms with Gasteiger partial charge in [0.15, 0.2) is 11.4 Å². The number of hydrogen-bond acceptors (Lipinski definition) is 12. The Morgan fingerprint density at radius 1 is 0.566 bits per heavy atom. The molecule has 3 amide bonds. The van der Waals surface area contributed by atoms with Gasteiger partial charge in [-0.25, -0.2) is 38.0 Å². The Morgan fingerprint density at radius 3 is 1.26 bits per heavy atom. The van der Waals surface area contributed by atoms with Crippen molar-refractivity contribution in [2.24, 2.45) is 0 Å². The lowest BCUT2D eigenvalue weighted by Gasteiger charge is -2.23. The van der Waals surface area contributed by atoms with Crippen LogP contribution in [0.3, 0.4) is 0 Å². The molecule has 0 atom stereocenters. The van der Waals surface area contributed by atoms with Gasteiger partial charge >= 0.3 is 30.2 Å². The number of carboxylic acid groups (broad SMARTS) is 1. The largest absolute Gasteiger partial charge is 0.476 e. The van der Waals surface area contributed by atoms with Crippen LogP contribution in [-0.2, 0) is 38.6 Å². The molecule has 290 valence electrons. The van der Waals surface area contributed by atoms with E-state index in [1.807, 2.05) is 38.4 Å². The molecule has 6 heterocycles. The van der Waals surface area contributed by atoms with Crippen LogP contribution < -0.4 is 14.7 Å². The number of hydrogen-bond donors (Lipinski definition) is 1. The molecule has 0 radical (unpaired) electrons. The van der Waals surface area contributed by atoms with Gasteiger partial charge in [-0.05, 0) is 69.2 Å². The highest BCUT2D eigenvalue weighted by Gasteiger charge is 2.33. The first-order chi connectivity index (χ1) is 24.5. The summed E-state index contributed by atoms with van der Waals surface area (Å²) < 4.78 is 25.4. The van der Waals surface area contributed by atoms with Crippen LogP contribution in [0.2, 0.25) is 0 Å². The van der Waals surface area contributed by atoms with E-state index in [2.05, 4.69) is 20.0 Å². The molecule has 3 aliphatic rings. The molecule has 0 spiro atoms. The van der Waals surface area contributed by atoms with Gasteiger partial charge in [-0.1, -0.05) is 0 Å². The Morgan fingerprint density at radius 2 is 0.906 bits per heavy atom. The summed E-state index contributed by atoms with van der Waals surface area (Å²) in [5.74, 6) is 0.204. The number of aryl methyl sites for hydroxylation is 1. The summed E-state index contributed by atoms with van der Waals surface area (Å²) in [5, 5.41) is 21.1. The topological polar surface area (TPSA) is 206 Å². The second kappa shape index (κ2) is 15.2. The molecule has 53 heavy (non-hydrogen) atoms. The van der Waals surface area contributed by atoms with E-state index in [-0.39, 0.29) is 17.5 Å². The molecule has 0 aromatic carbocycles. The number of carbonyl (C=O) groups excluding carboxylic acids is 4. The minimum Gasteiger partial charge on any atom is -0.476 e. The molecule has 6 rings (SSSR count). The predicted molar refractivity (Wildman–Crippen MR) is 190 cm³/mol. The van der Waals surface area contributed by atoms with E-state index in [4.69, 9.17) is 19.3 Å². The third-order valence-electron chi connectivity index (χ3n) is 7.29. The second-order valence-corrected chi connectivity index (χ2v) is 15.3. The smallest absolute Gasteiger partial charge is 0.416 e. The minimum absolute atomic E-state index is 0.0711. The first kappa shape index (κ1) is 40.2. The van der Waals surface area contributed by atoms with E-state index >= 15 is 0 Å².